The van der Waals surface area contributed by atoms with E-state index < -0.39 is 0 Å². The number of methoxy groups -OCH3 is 1. The minimum Gasteiger partial charge on any atom is -0.497 e. The quantitative estimate of drug-likeness (QED) is 0.455. The van der Waals surface area contributed by atoms with Crippen LogP contribution in [-0.4, -0.2) is 32.0 Å². The Morgan fingerprint density at radius 3 is 2.31 bits per heavy atom. The van der Waals surface area contributed by atoms with Crippen molar-refractivity contribution >= 4 is 17.5 Å². The number of amides is 2. The Balaban J connectivity index is 1.48. The molecule has 6 nitrogen and oxygen atoms in total. The van der Waals surface area contributed by atoms with Crippen LogP contribution in [-0.2, 0) is 17.8 Å². The van der Waals surface area contributed by atoms with Crippen LogP contribution in [0.2, 0.25) is 0 Å². The SMILES string of the molecule is COc1ccc(CCNC(=O)c2ccccc2NC(=O)CNCc2ccc(F)cc2)cc1. The minimum absolute atomic E-state index is 0.0603. The smallest absolute Gasteiger partial charge is 0.253 e. The molecule has 0 aliphatic carbocycles. The monoisotopic (exact) mass is 435 g/mol. The third-order valence-corrected chi connectivity index (χ3v) is 4.83. The summed E-state index contributed by atoms with van der Waals surface area (Å²) in [4.78, 5) is 24.9. The van der Waals surface area contributed by atoms with Crippen LogP contribution < -0.4 is 20.7 Å². The van der Waals surface area contributed by atoms with E-state index in [0.29, 0.717) is 30.8 Å². The number of hydrogen-bond acceptors (Lipinski definition) is 4. The number of ether oxygens (including phenoxy) is 1. The second kappa shape index (κ2) is 11.6. The minimum atomic E-state index is -0.301. The van der Waals surface area contributed by atoms with E-state index in [1.165, 1.54) is 12.1 Å². The van der Waals surface area contributed by atoms with Crippen molar-refractivity contribution in [3.63, 3.8) is 0 Å². The predicted molar refractivity (Wildman–Crippen MR) is 122 cm³/mol. The van der Waals surface area contributed by atoms with Crippen molar-refractivity contribution in [3.05, 3.63) is 95.3 Å². The Bertz CT molecular complexity index is 1040. The van der Waals surface area contributed by atoms with Gasteiger partial charge in [0, 0.05) is 13.1 Å². The number of benzene rings is 3. The molecule has 0 saturated heterocycles. The highest BCUT2D eigenvalue weighted by atomic mass is 19.1. The Kier molecular flexibility index (Phi) is 8.34. The van der Waals surface area contributed by atoms with E-state index in [1.54, 1.807) is 43.5 Å². The summed E-state index contributed by atoms with van der Waals surface area (Å²) >= 11 is 0. The van der Waals surface area contributed by atoms with Gasteiger partial charge in [-0.25, -0.2) is 4.39 Å². The molecule has 0 heterocycles. The second-order valence-corrected chi connectivity index (χ2v) is 7.18. The van der Waals surface area contributed by atoms with Gasteiger partial charge in [0.05, 0.1) is 24.9 Å². The van der Waals surface area contributed by atoms with Crippen LogP contribution in [0, 0.1) is 5.82 Å². The zero-order chi connectivity index (χ0) is 22.8. The molecule has 0 fully saturated rings. The molecule has 0 aliphatic rings. The maximum Gasteiger partial charge on any atom is 0.253 e. The van der Waals surface area contributed by atoms with Crippen LogP contribution in [0.1, 0.15) is 21.5 Å². The van der Waals surface area contributed by atoms with Gasteiger partial charge in [0.2, 0.25) is 5.91 Å². The first-order valence-electron chi connectivity index (χ1n) is 10.3. The lowest BCUT2D eigenvalue weighted by molar-refractivity contribution is -0.115. The number of hydrogen-bond donors (Lipinski definition) is 3. The molecule has 0 atom stereocenters. The molecule has 0 spiro atoms. The summed E-state index contributed by atoms with van der Waals surface area (Å²) in [6, 6.07) is 20.6. The Morgan fingerprint density at radius 1 is 0.906 bits per heavy atom. The van der Waals surface area contributed by atoms with Crippen molar-refractivity contribution in [1.82, 2.24) is 10.6 Å². The number of rotatable bonds is 10. The van der Waals surface area contributed by atoms with Crippen molar-refractivity contribution < 1.29 is 18.7 Å². The molecule has 3 N–H and O–H groups in total. The lowest BCUT2D eigenvalue weighted by Crippen LogP contribution is -2.30. The molecule has 32 heavy (non-hydrogen) atoms. The molecular formula is C25H26FN3O3. The summed E-state index contributed by atoms with van der Waals surface area (Å²) in [5, 5.41) is 8.67. The van der Waals surface area contributed by atoms with Crippen LogP contribution in [0.15, 0.2) is 72.8 Å². The first-order chi connectivity index (χ1) is 15.5. The fourth-order valence-electron chi connectivity index (χ4n) is 3.11. The lowest BCUT2D eigenvalue weighted by Gasteiger charge is -2.12. The highest BCUT2D eigenvalue weighted by Gasteiger charge is 2.12. The Labute approximate surface area is 186 Å². The van der Waals surface area contributed by atoms with Crippen molar-refractivity contribution in [2.45, 2.75) is 13.0 Å². The van der Waals surface area contributed by atoms with E-state index in [-0.39, 0.29) is 24.2 Å². The maximum absolute atomic E-state index is 13.0. The number of halogens is 1. The molecule has 3 aromatic rings. The number of nitrogens with one attached hydrogen (secondary N) is 3. The van der Waals surface area contributed by atoms with Gasteiger partial charge in [-0.1, -0.05) is 36.4 Å². The highest BCUT2D eigenvalue weighted by molar-refractivity contribution is 6.04. The van der Waals surface area contributed by atoms with Gasteiger partial charge in [-0.2, -0.15) is 0 Å². The molecular weight excluding hydrogens is 409 g/mol. The fraction of sp³-hybridized carbons (Fsp3) is 0.200. The van der Waals surface area contributed by atoms with Crippen LogP contribution in [0.5, 0.6) is 5.75 Å². The molecule has 0 radical (unpaired) electrons. The third-order valence-electron chi connectivity index (χ3n) is 4.83. The maximum atomic E-state index is 13.0. The molecule has 0 aromatic heterocycles. The summed E-state index contributed by atoms with van der Waals surface area (Å²) in [6.07, 6.45) is 0.678. The van der Waals surface area contributed by atoms with Crippen molar-refractivity contribution in [3.8, 4) is 5.75 Å². The van der Waals surface area contributed by atoms with Gasteiger partial charge in [0.25, 0.3) is 5.91 Å². The predicted octanol–water partition coefficient (Wildman–Crippen LogP) is 3.54. The summed E-state index contributed by atoms with van der Waals surface area (Å²) in [6.45, 7) is 0.957. The molecule has 0 saturated carbocycles. The first-order valence-corrected chi connectivity index (χ1v) is 10.3. The number of anilines is 1. The van der Waals surface area contributed by atoms with Crippen LogP contribution in [0.25, 0.3) is 0 Å². The van der Waals surface area contributed by atoms with E-state index >= 15 is 0 Å². The number of carbonyl (C=O) groups is 2. The standard InChI is InChI=1S/C25H26FN3O3/c1-32-21-12-8-18(9-13-21)14-15-28-25(31)22-4-2-3-5-23(22)29-24(30)17-27-16-19-6-10-20(26)11-7-19/h2-13,27H,14-17H2,1H3,(H,28,31)(H,29,30). The van der Waals surface area contributed by atoms with Gasteiger partial charge < -0.3 is 20.7 Å². The molecule has 0 bridgehead atoms. The summed E-state index contributed by atoms with van der Waals surface area (Å²) < 4.78 is 18.1. The van der Waals surface area contributed by atoms with E-state index in [2.05, 4.69) is 16.0 Å². The average Bonchev–Trinajstić information content (AvgIpc) is 2.81. The summed E-state index contributed by atoms with van der Waals surface area (Å²) in [5.41, 5.74) is 2.80. The molecule has 2 amide bonds. The second-order valence-electron chi connectivity index (χ2n) is 7.18. The first kappa shape index (κ1) is 23.0. The zero-order valence-electron chi connectivity index (χ0n) is 17.9. The lowest BCUT2D eigenvalue weighted by atomic mass is 10.1. The molecule has 166 valence electrons. The largest absolute Gasteiger partial charge is 0.497 e. The van der Waals surface area contributed by atoms with Crippen molar-refractivity contribution in [2.75, 3.05) is 25.5 Å². The average molecular weight is 435 g/mol. The van der Waals surface area contributed by atoms with Crippen molar-refractivity contribution in [2.24, 2.45) is 0 Å². The van der Waals surface area contributed by atoms with Gasteiger partial charge in [-0.15, -0.1) is 0 Å². The van der Waals surface area contributed by atoms with Gasteiger partial charge in [-0.05, 0) is 53.9 Å². The van der Waals surface area contributed by atoms with Gasteiger partial charge in [0.15, 0.2) is 0 Å². The molecule has 7 heteroatoms. The van der Waals surface area contributed by atoms with Crippen LogP contribution in [0.3, 0.4) is 0 Å². The number of para-hydroxylation sites is 1. The van der Waals surface area contributed by atoms with Gasteiger partial charge in [0.1, 0.15) is 11.6 Å². The topological polar surface area (TPSA) is 79.5 Å². The Hall–Kier alpha value is -3.71. The van der Waals surface area contributed by atoms with E-state index in [0.717, 1.165) is 16.9 Å². The zero-order valence-corrected chi connectivity index (χ0v) is 17.9. The third kappa shape index (κ3) is 6.92. The van der Waals surface area contributed by atoms with Crippen LogP contribution in [0.4, 0.5) is 10.1 Å². The molecule has 3 aromatic carbocycles. The van der Waals surface area contributed by atoms with Gasteiger partial charge in [-0.3, -0.25) is 9.59 Å². The van der Waals surface area contributed by atoms with E-state index in [9.17, 15) is 14.0 Å². The highest BCUT2D eigenvalue weighted by Crippen LogP contribution is 2.15. The molecule has 3 rings (SSSR count). The van der Waals surface area contributed by atoms with Crippen molar-refractivity contribution in [1.29, 1.82) is 0 Å². The van der Waals surface area contributed by atoms with E-state index in [4.69, 9.17) is 4.74 Å². The normalized spacial score (nSPS) is 10.4. The summed E-state index contributed by atoms with van der Waals surface area (Å²) in [7, 11) is 1.62. The van der Waals surface area contributed by atoms with Gasteiger partial charge >= 0.3 is 0 Å². The molecule has 0 aliphatic heterocycles. The van der Waals surface area contributed by atoms with Crippen LogP contribution >= 0.6 is 0 Å². The molecule has 0 unspecified atom stereocenters. The summed E-state index contributed by atoms with van der Waals surface area (Å²) in [5.74, 6) is -0.0423. The number of carbonyl (C=O) groups excluding carboxylic acids is 2. The fourth-order valence-corrected chi connectivity index (χ4v) is 3.11. The van der Waals surface area contributed by atoms with E-state index in [1.807, 2.05) is 24.3 Å². The Morgan fingerprint density at radius 2 is 1.59 bits per heavy atom.